The third-order valence-electron chi connectivity index (χ3n) is 6.65. The standard InChI is InChI=1S/C26H22Cl2N4O/c27-19-4-7-21(22(28)13-19)25-30-23-12-16(3-8-24(23)32(25)20-5-6-20)26(33)31-11-9-18(15-31)17-2-1-10-29-14-17/h1-4,7-8,10,12-14,18,20H,5-6,9,11,15H2. The van der Waals surface area contributed by atoms with Crippen LogP contribution >= 0.6 is 23.2 Å². The second-order valence-corrected chi connectivity index (χ2v) is 9.73. The third-order valence-corrected chi connectivity index (χ3v) is 7.20. The van der Waals surface area contributed by atoms with Gasteiger partial charge < -0.3 is 9.47 Å². The van der Waals surface area contributed by atoms with Crippen LogP contribution in [-0.4, -0.2) is 38.4 Å². The molecular formula is C26H22Cl2N4O. The van der Waals surface area contributed by atoms with Gasteiger partial charge in [0.2, 0.25) is 0 Å². The highest BCUT2D eigenvalue weighted by molar-refractivity contribution is 6.36. The summed E-state index contributed by atoms with van der Waals surface area (Å²) in [7, 11) is 0. The number of nitrogens with zero attached hydrogens (tertiary/aromatic N) is 4. The van der Waals surface area contributed by atoms with Gasteiger partial charge in [-0.05, 0) is 67.3 Å². The molecule has 4 aromatic rings. The Bertz CT molecular complexity index is 1360. The van der Waals surface area contributed by atoms with Crippen LogP contribution in [0.15, 0.2) is 60.9 Å². The van der Waals surface area contributed by atoms with E-state index in [1.54, 1.807) is 12.3 Å². The molecule has 1 saturated carbocycles. The van der Waals surface area contributed by atoms with Crippen LogP contribution in [0.2, 0.25) is 10.0 Å². The Morgan fingerprint density at radius 3 is 2.67 bits per heavy atom. The summed E-state index contributed by atoms with van der Waals surface area (Å²) in [5, 5.41) is 1.18. The first-order valence-electron chi connectivity index (χ1n) is 11.2. The molecule has 2 aliphatic rings. The van der Waals surface area contributed by atoms with Crippen LogP contribution in [0.1, 0.15) is 47.1 Å². The van der Waals surface area contributed by atoms with Crippen molar-refractivity contribution in [3.63, 3.8) is 0 Å². The zero-order valence-corrected chi connectivity index (χ0v) is 19.4. The van der Waals surface area contributed by atoms with Crippen LogP contribution in [0.25, 0.3) is 22.4 Å². The van der Waals surface area contributed by atoms with Gasteiger partial charge in [-0.1, -0.05) is 29.3 Å². The highest BCUT2D eigenvalue weighted by Crippen LogP contribution is 2.43. The molecule has 1 aliphatic heterocycles. The zero-order valence-electron chi connectivity index (χ0n) is 17.9. The summed E-state index contributed by atoms with van der Waals surface area (Å²) >= 11 is 12.6. The Morgan fingerprint density at radius 1 is 1.03 bits per heavy atom. The molecule has 1 atom stereocenters. The monoisotopic (exact) mass is 476 g/mol. The van der Waals surface area contributed by atoms with Gasteiger partial charge in [0.25, 0.3) is 5.91 Å². The highest BCUT2D eigenvalue weighted by Gasteiger charge is 2.31. The van der Waals surface area contributed by atoms with Crippen molar-refractivity contribution in [3.05, 3.63) is 82.1 Å². The van der Waals surface area contributed by atoms with Crippen molar-refractivity contribution in [1.29, 1.82) is 0 Å². The normalized spacial score (nSPS) is 18.2. The van der Waals surface area contributed by atoms with Gasteiger partial charge in [0.1, 0.15) is 5.82 Å². The number of fused-ring (bicyclic) bond motifs is 1. The van der Waals surface area contributed by atoms with Gasteiger partial charge in [0.05, 0.1) is 16.1 Å². The average Bonchev–Trinajstić information content (AvgIpc) is 3.41. The molecule has 5 nitrogen and oxygen atoms in total. The lowest BCUT2D eigenvalue weighted by molar-refractivity contribution is 0.0791. The van der Waals surface area contributed by atoms with Gasteiger partial charge in [-0.2, -0.15) is 0 Å². The Labute approximate surface area is 202 Å². The second kappa shape index (κ2) is 8.15. The molecule has 7 heteroatoms. The van der Waals surface area contributed by atoms with Crippen LogP contribution in [0.4, 0.5) is 0 Å². The summed E-state index contributed by atoms with van der Waals surface area (Å²) in [6.07, 6.45) is 6.87. The second-order valence-electron chi connectivity index (χ2n) is 8.89. The van der Waals surface area contributed by atoms with E-state index in [0.717, 1.165) is 48.2 Å². The maximum absolute atomic E-state index is 13.3. The van der Waals surface area contributed by atoms with Crippen LogP contribution < -0.4 is 0 Å². The summed E-state index contributed by atoms with van der Waals surface area (Å²) in [6.45, 7) is 1.46. The molecule has 1 saturated heterocycles. The maximum atomic E-state index is 13.3. The van der Waals surface area contributed by atoms with E-state index in [2.05, 4.69) is 15.6 Å². The molecule has 1 unspecified atom stereocenters. The first-order chi connectivity index (χ1) is 16.1. The fourth-order valence-electron chi connectivity index (χ4n) is 4.81. The predicted octanol–water partition coefficient (Wildman–Crippen LogP) is 6.37. The number of hydrogen-bond acceptors (Lipinski definition) is 3. The van der Waals surface area contributed by atoms with E-state index < -0.39 is 0 Å². The molecule has 6 rings (SSSR count). The van der Waals surface area contributed by atoms with Gasteiger partial charge in [-0.3, -0.25) is 9.78 Å². The topological polar surface area (TPSA) is 51.0 Å². The van der Waals surface area contributed by atoms with Crippen molar-refractivity contribution in [2.75, 3.05) is 13.1 Å². The van der Waals surface area contributed by atoms with Gasteiger partial charge in [0.15, 0.2) is 0 Å². The first kappa shape index (κ1) is 20.7. The molecule has 33 heavy (non-hydrogen) atoms. The average molecular weight is 477 g/mol. The summed E-state index contributed by atoms with van der Waals surface area (Å²) in [4.78, 5) is 24.4. The Balaban J connectivity index is 1.33. The summed E-state index contributed by atoms with van der Waals surface area (Å²) < 4.78 is 2.26. The van der Waals surface area contributed by atoms with E-state index in [-0.39, 0.29) is 5.91 Å². The lowest BCUT2D eigenvalue weighted by atomic mass is 10.0. The van der Waals surface area contributed by atoms with Gasteiger partial charge in [-0.25, -0.2) is 4.98 Å². The van der Waals surface area contributed by atoms with E-state index in [1.807, 2.05) is 47.5 Å². The lowest BCUT2D eigenvalue weighted by Crippen LogP contribution is -2.28. The van der Waals surface area contributed by atoms with E-state index >= 15 is 0 Å². The number of aromatic nitrogens is 3. The number of imidazole rings is 1. The Hall–Kier alpha value is -2.89. The van der Waals surface area contributed by atoms with E-state index in [1.165, 1.54) is 5.56 Å². The summed E-state index contributed by atoms with van der Waals surface area (Å²) in [5.41, 5.74) is 4.57. The molecule has 2 fully saturated rings. The van der Waals surface area contributed by atoms with Crippen LogP contribution in [0.5, 0.6) is 0 Å². The Kier molecular flexibility index (Phi) is 5.11. The van der Waals surface area contributed by atoms with Crippen molar-refractivity contribution in [2.24, 2.45) is 0 Å². The number of hydrogen-bond donors (Lipinski definition) is 0. The zero-order chi connectivity index (χ0) is 22.5. The first-order valence-corrected chi connectivity index (χ1v) is 12.0. The molecule has 166 valence electrons. The molecule has 1 aliphatic carbocycles. The molecule has 0 bridgehead atoms. The van der Waals surface area contributed by atoms with Crippen LogP contribution in [0.3, 0.4) is 0 Å². The number of carbonyl (C=O) groups excluding carboxylic acids is 1. The van der Waals surface area contributed by atoms with Gasteiger partial charge in [0, 0.05) is 53.6 Å². The number of carbonyl (C=O) groups is 1. The number of amides is 1. The smallest absolute Gasteiger partial charge is 0.253 e. The summed E-state index contributed by atoms with van der Waals surface area (Å²) in [6, 6.07) is 15.8. The lowest BCUT2D eigenvalue weighted by Gasteiger charge is -2.17. The molecule has 0 spiro atoms. The minimum atomic E-state index is 0.0512. The van der Waals surface area contributed by atoms with Crippen molar-refractivity contribution >= 4 is 40.1 Å². The third kappa shape index (κ3) is 3.79. The minimum Gasteiger partial charge on any atom is -0.338 e. The highest BCUT2D eigenvalue weighted by atomic mass is 35.5. The fraction of sp³-hybridized carbons (Fsp3) is 0.269. The molecule has 0 N–H and O–H groups in total. The number of rotatable bonds is 4. The van der Waals surface area contributed by atoms with Crippen molar-refractivity contribution in [3.8, 4) is 11.4 Å². The molecule has 0 radical (unpaired) electrons. The predicted molar refractivity (Wildman–Crippen MR) is 131 cm³/mol. The number of pyridine rings is 1. The van der Waals surface area contributed by atoms with Crippen molar-refractivity contribution < 1.29 is 4.79 Å². The molecule has 2 aromatic heterocycles. The van der Waals surface area contributed by atoms with E-state index in [0.29, 0.717) is 34.1 Å². The molecule has 1 amide bonds. The van der Waals surface area contributed by atoms with Crippen molar-refractivity contribution in [1.82, 2.24) is 19.4 Å². The number of halogens is 2. The van der Waals surface area contributed by atoms with Crippen LogP contribution in [-0.2, 0) is 0 Å². The van der Waals surface area contributed by atoms with Gasteiger partial charge in [-0.15, -0.1) is 0 Å². The SMILES string of the molecule is O=C(c1ccc2c(c1)nc(-c1ccc(Cl)cc1Cl)n2C1CC1)N1CCC(c2cccnc2)C1. The quantitative estimate of drug-likeness (QED) is 0.343. The Morgan fingerprint density at radius 2 is 1.91 bits per heavy atom. The van der Waals surface area contributed by atoms with E-state index in [4.69, 9.17) is 28.2 Å². The number of benzene rings is 2. The molecule has 3 heterocycles. The van der Waals surface area contributed by atoms with Crippen molar-refractivity contribution in [2.45, 2.75) is 31.2 Å². The molecule has 2 aromatic carbocycles. The maximum Gasteiger partial charge on any atom is 0.253 e. The summed E-state index contributed by atoms with van der Waals surface area (Å²) in [5.74, 6) is 1.21. The molecular weight excluding hydrogens is 455 g/mol. The van der Waals surface area contributed by atoms with E-state index in [9.17, 15) is 4.79 Å². The van der Waals surface area contributed by atoms with Gasteiger partial charge >= 0.3 is 0 Å². The number of likely N-dealkylation sites (tertiary alicyclic amines) is 1. The minimum absolute atomic E-state index is 0.0512. The largest absolute Gasteiger partial charge is 0.338 e. The van der Waals surface area contributed by atoms with Crippen LogP contribution in [0, 0.1) is 0 Å². The fourth-order valence-corrected chi connectivity index (χ4v) is 5.30.